The molecule has 0 aliphatic rings. The standard InChI is InChI=1S/C21H18F5N3O/c1-12(17-6-3-13(10-27-17)7-8-21(24,25)26)29-19(30)16-11-28-18-9-14(20(2,22)23)4-5-15(16)18/h3-12,28H,1-2H3,(H,29,30)/b8-7+/t12-/m1/s1. The molecule has 1 amide bonds. The van der Waals surface area contributed by atoms with Gasteiger partial charge in [0.15, 0.2) is 0 Å². The Morgan fingerprint density at radius 3 is 2.50 bits per heavy atom. The second-order valence-corrected chi connectivity index (χ2v) is 6.94. The number of carbonyl (C=O) groups is 1. The van der Waals surface area contributed by atoms with E-state index in [9.17, 15) is 26.7 Å². The Bertz CT molecular complexity index is 1080. The monoisotopic (exact) mass is 423 g/mol. The molecule has 4 nitrogen and oxygen atoms in total. The van der Waals surface area contributed by atoms with Crippen molar-refractivity contribution in [2.45, 2.75) is 32.0 Å². The highest BCUT2D eigenvalue weighted by Crippen LogP contribution is 2.30. The molecule has 30 heavy (non-hydrogen) atoms. The van der Waals surface area contributed by atoms with Gasteiger partial charge in [0.05, 0.1) is 17.3 Å². The second kappa shape index (κ2) is 7.89. The number of aromatic amines is 1. The molecule has 0 saturated carbocycles. The quantitative estimate of drug-likeness (QED) is 0.514. The topological polar surface area (TPSA) is 57.8 Å². The van der Waals surface area contributed by atoms with Gasteiger partial charge in [-0.1, -0.05) is 18.2 Å². The number of halogens is 5. The number of aromatic nitrogens is 2. The number of amides is 1. The van der Waals surface area contributed by atoms with Crippen LogP contribution in [0.5, 0.6) is 0 Å². The van der Waals surface area contributed by atoms with Gasteiger partial charge >= 0.3 is 6.18 Å². The van der Waals surface area contributed by atoms with Crippen molar-refractivity contribution < 1.29 is 26.7 Å². The molecule has 0 unspecified atom stereocenters. The molecule has 9 heteroatoms. The molecular weight excluding hydrogens is 405 g/mol. The number of hydrogen-bond acceptors (Lipinski definition) is 2. The fraction of sp³-hybridized carbons (Fsp3) is 0.238. The molecule has 2 N–H and O–H groups in total. The number of allylic oxidation sites excluding steroid dienone is 1. The molecule has 1 atom stereocenters. The van der Waals surface area contributed by atoms with Crippen molar-refractivity contribution in [3.05, 3.63) is 71.2 Å². The van der Waals surface area contributed by atoms with E-state index in [0.717, 1.165) is 13.0 Å². The van der Waals surface area contributed by atoms with Crippen molar-refractivity contribution in [2.75, 3.05) is 0 Å². The molecule has 0 spiro atoms. The van der Waals surface area contributed by atoms with E-state index in [1.54, 1.807) is 6.92 Å². The van der Waals surface area contributed by atoms with E-state index >= 15 is 0 Å². The first-order valence-electron chi connectivity index (χ1n) is 8.96. The van der Waals surface area contributed by atoms with Crippen LogP contribution in [0.1, 0.15) is 47.1 Å². The number of pyridine rings is 1. The lowest BCUT2D eigenvalue weighted by molar-refractivity contribution is -0.0790. The fourth-order valence-electron chi connectivity index (χ4n) is 2.90. The molecule has 0 fully saturated rings. The predicted octanol–water partition coefficient (Wildman–Crippen LogP) is 5.74. The van der Waals surface area contributed by atoms with Crippen LogP contribution in [0.15, 0.2) is 48.8 Å². The molecule has 2 heterocycles. The Morgan fingerprint density at radius 2 is 1.90 bits per heavy atom. The number of H-pyrrole nitrogens is 1. The summed E-state index contributed by atoms with van der Waals surface area (Å²) >= 11 is 0. The van der Waals surface area contributed by atoms with E-state index in [-0.39, 0.29) is 22.8 Å². The summed E-state index contributed by atoms with van der Waals surface area (Å²) in [7, 11) is 0. The number of fused-ring (bicyclic) bond motifs is 1. The number of nitrogens with one attached hydrogen (secondary N) is 2. The van der Waals surface area contributed by atoms with Crippen LogP contribution >= 0.6 is 0 Å². The maximum Gasteiger partial charge on any atom is 0.409 e. The molecule has 3 aromatic rings. The van der Waals surface area contributed by atoms with Crippen LogP contribution in [0.2, 0.25) is 0 Å². The van der Waals surface area contributed by atoms with Gasteiger partial charge in [-0.2, -0.15) is 13.2 Å². The third-order valence-electron chi connectivity index (χ3n) is 4.50. The number of benzene rings is 1. The molecule has 0 saturated heterocycles. The van der Waals surface area contributed by atoms with E-state index in [4.69, 9.17) is 0 Å². The lowest BCUT2D eigenvalue weighted by Gasteiger charge is -2.14. The van der Waals surface area contributed by atoms with E-state index in [0.29, 0.717) is 16.6 Å². The average molecular weight is 423 g/mol. The van der Waals surface area contributed by atoms with Crippen molar-refractivity contribution in [3.8, 4) is 0 Å². The highest BCUT2D eigenvalue weighted by molar-refractivity contribution is 6.06. The number of nitrogens with zero attached hydrogens (tertiary/aromatic N) is 1. The van der Waals surface area contributed by atoms with Gasteiger partial charge in [0.1, 0.15) is 0 Å². The normalized spacial score (nSPS) is 13.7. The molecule has 2 aromatic heterocycles. The SMILES string of the molecule is C[C@@H](NC(=O)c1c[nH]c2cc(C(C)(F)F)ccc12)c1ccc(/C=C/C(F)(F)F)cn1. The maximum atomic E-state index is 13.5. The molecular formula is C21H18F5N3O. The summed E-state index contributed by atoms with van der Waals surface area (Å²) in [6, 6.07) is 6.48. The van der Waals surface area contributed by atoms with Gasteiger partial charge in [0, 0.05) is 41.9 Å². The van der Waals surface area contributed by atoms with E-state index in [1.165, 1.54) is 42.7 Å². The van der Waals surface area contributed by atoms with Crippen LogP contribution < -0.4 is 5.32 Å². The molecule has 0 aliphatic heterocycles. The third-order valence-corrected chi connectivity index (χ3v) is 4.50. The summed E-state index contributed by atoms with van der Waals surface area (Å²) < 4.78 is 63.6. The molecule has 0 aliphatic carbocycles. The summed E-state index contributed by atoms with van der Waals surface area (Å²) in [5.41, 5.74) is 1.26. The van der Waals surface area contributed by atoms with Crippen molar-refractivity contribution in [2.24, 2.45) is 0 Å². The van der Waals surface area contributed by atoms with Crippen LogP contribution in [0.25, 0.3) is 17.0 Å². The summed E-state index contributed by atoms with van der Waals surface area (Å²) in [6.07, 6.45) is -0.681. The first-order chi connectivity index (χ1) is 13.9. The van der Waals surface area contributed by atoms with E-state index in [1.807, 2.05) is 0 Å². The smallest absolute Gasteiger partial charge is 0.360 e. The fourth-order valence-corrected chi connectivity index (χ4v) is 2.90. The molecule has 3 rings (SSSR count). The highest BCUT2D eigenvalue weighted by Gasteiger charge is 2.25. The highest BCUT2D eigenvalue weighted by atomic mass is 19.4. The minimum Gasteiger partial charge on any atom is -0.360 e. The Hall–Kier alpha value is -3.23. The van der Waals surface area contributed by atoms with E-state index in [2.05, 4.69) is 15.3 Å². The Kier molecular flexibility index (Phi) is 5.65. The summed E-state index contributed by atoms with van der Waals surface area (Å²) in [6.45, 7) is 2.47. The van der Waals surface area contributed by atoms with Gasteiger partial charge < -0.3 is 10.3 Å². The van der Waals surface area contributed by atoms with Crippen molar-refractivity contribution in [1.82, 2.24) is 15.3 Å². The maximum absolute atomic E-state index is 13.5. The van der Waals surface area contributed by atoms with Gasteiger partial charge in [-0.15, -0.1) is 0 Å². The van der Waals surface area contributed by atoms with Crippen molar-refractivity contribution >= 4 is 22.9 Å². The van der Waals surface area contributed by atoms with Gasteiger partial charge in [-0.3, -0.25) is 9.78 Å². The number of hydrogen-bond donors (Lipinski definition) is 2. The lowest BCUT2D eigenvalue weighted by Crippen LogP contribution is -2.27. The second-order valence-electron chi connectivity index (χ2n) is 6.94. The molecule has 158 valence electrons. The summed E-state index contributed by atoms with van der Waals surface area (Å²) in [5.74, 6) is -3.43. The number of alkyl halides is 5. The number of rotatable bonds is 5. The van der Waals surface area contributed by atoms with Gasteiger partial charge in [-0.25, -0.2) is 8.78 Å². The Balaban J connectivity index is 1.73. The van der Waals surface area contributed by atoms with Crippen LogP contribution in [0.4, 0.5) is 22.0 Å². The first-order valence-corrected chi connectivity index (χ1v) is 8.96. The zero-order valence-corrected chi connectivity index (χ0v) is 16.0. The van der Waals surface area contributed by atoms with Crippen LogP contribution in [-0.2, 0) is 5.92 Å². The van der Waals surface area contributed by atoms with Gasteiger partial charge in [0.25, 0.3) is 11.8 Å². The zero-order chi connectivity index (χ0) is 22.1. The zero-order valence-electron chi connectivity index (χ0n) is 16.0. The summed E-state index contributed by atoms with van der Waals surface area (Å²) in [5, 5.41) is 3.24. The Morgan fingerprint density at radius 1 is 1.17 bits per heavy atom. The van der Waals surface area contributed by atoms with Crippen molar-refractivity contribution in [1.29, 1.82) is 0 Å². The van der Waals surface area contributed by atoms with E-state index < -0.39 is 24.0 Å². The summed E-state index contributed by atoms with van der Waals surface area (Å²) in [4.78, 5) is 19.5. The van der Waals surface area contributed by atoms with Crippen molar-refractivity contribution in [3.63, 3.8) is 0 Å². The molecule has 1 aromatic carbocycles. The van der Waals surface area contributed by atoms with Gasteiger partial charge in [-0.05, 0) is 30.7 Å². The third kappa shape index (κ3) is 5.03. The first kappa shape index (κ1) is 21.5. The minimum absolute atomic E-state index is 0.117. The number of carbonyl (C=O) groups excluding carboxylic acids is 1. The minimum atomic E-state index is -4.41. The van der Waals surface area contributed by atoms with Crippen LogP contribution in [0, 0.1) is 0 Å². The lowest BCUT2D eigenvalue weighted by atomic mass is 10.1. The predicted molar refractivity (Wildman–Crippen MR) is 103 cm³/mol. The van der Waals surface area contributed by atoms with Crippen LogP contribution in [-0.4, -0.2) is 22.1 Å². The largest absolute Gasteiger partial charge is 0.409 e. The molecule has 0 bridgehead atoms. The molecule has 0 radical (unpaired) electrons. The van der Waals surface area contributed by atoms with Gasteiger partial charge in [0.2, 0.25) is 0 Å². The average Bonchev–Trinajstić information content (AvgIpc) is 3.09. The van der Waals surface area contributed by atoms with Crippen LogP contribution in [0.3, 0.4) is 0 Å². The Labute approximate surface area is 168 Å².